The first-order valence-electron chi connectivity index (χ1n) is 10.2. The van der Waals surface area contributed by atoms with Crippen LogP contribution in [-0.2, 0) is 4.79 Å². The van der Waals surface area contributed by atoms with Crippen molar-refractivity contribution >= 4 is 34.2 Å². The summed E-state index contributed by atoms with van der Waals surface area (Å²) >= 11 is 0. The zero-order valence-electron chi connectivity index (χ0n) is 17.5. The molecule has 0 bridgehead atoms. The number of carboxylic acid groups (broad SMARTS) is 1. The minimum Gasteiger partial charge on any atom is -0.477 e. The molecule has 1 aliphatic carbocycles. The van der Waals surface area contributed by atoms with Gasteiger partial charge in [-0.1, -0.05) is 0 Å². The van der Waals surface area contributed by atoms with Crippen LogP contribution in [0.1, 0.15) is 50.0 Å². The normalized spacial score (nSPS) is 21.4. The monoisotopic (exact) mass is 434 g/mol. The fraction of sp³-hybridized carbons (Fsp3) is 0.476. The predicted molar refractivity (Wildman–Crippen MR) is 112 cm³/mol. The molecule has 0 unspecified atom stereocenters. The second-order valence-corrected chi connectivity index (χ2v) is 8.45. The van der Waals surface area contributed by atoms with E-state index >= 15 is 8.78 Å². The highest BCUT2D eigenvalue weighted by molar-refractivity contribution is 6.05. The average Bonchev–Trinajstić information content (AvgIpc) is 3.49. The van der Waals surface area contributed by atoms with Gasteiger partial charge in [0.25, 0.3) is 0 Å². The summed E-state index contributed by atoms with van der Waals surface area (Å²) < 4.78 is 33.0. The van der Waals surface area contributed by atoms with Gasteiger partial charge in [0, 0.05) is 44.3 Å². The minimum absolute atomic E-state index is 0.0394. The standard InChI is InChI=1S/C21H24F2N4O4/c1-9-6-26(7-10(2)24-9)19-15(22)17(25-11(3)28)14-18(16(19)23)27(12-4-5-12)8-13(20(14)29)21(30)31/h8-10,12,24H,4-7H2,1-3H3,(H,25,28)(H,30,31)/t9-,10+. The van der Waals surface area contributed by atoms with Crippen molar-refractivity contribution in [2.75, 3.05) is 23.3 Å². The second kappa shape index (κ2) is 7.60. The lowest BCUT2D eigenvalue weighted by atomic mass is 10.0. The molecule has 1 saturated heterocycles. The van der Waals surface area contributed by atoms with Crippen molar-refractivity contribution in [3.8, 4) is 0 Å². The Morgan fingerprint density at radius 1 is 1.16 bits per heavy atom. The largest absolute Gasteiger partial charge is 0.477 e. The molecule has 10 heteroatoms. The van der Waals surface area contributed by atoms with Crippen LogP contribution in [0, 0.1) is 11.6 Å². The van der Waals surface area contributed by atoms with Crippen LogP contribution in [0.25, 0.3) is 10.9 Å². The number of piperazine rings is 1. The number of nitrogens with zero attached hydrogens (tertiary/aromatic N) is 2. The Morgan fingerprint density at radius 2 is 1.77 bits per heavy atom. The van der Waals surface area contributed by atoms with Crippen LogP contribution in [0.5, 0.6) is 0 Å². The van der Waals surface area contributed by atoms with Crippen molar-refractivity contribution in [1.82, 2.24) is 9.88 Å². The third-order valence-corrected chi connectivity index (χ3v) is 5.67. The van der Waals surface area contributed by atoms with Crippen molar-refractivity contribution in [3.05, 3.63) is 33.6 Å². The van der Waals surface area contributed by atoms with Gasteiger partial charge >= 0.3 is 5.97 Å². The third kappa shape index (κ3) is 3.65. The molecular weight excluding hydrogens is 410 g/mol. The van der Waals surface area contributed by atoms with E-state index in [1.165, 1.54) is 4.57 Å². The fourth-order valence-corrected chi connectivity index (χ4v) is 4.40. The van der Waals surface area contributed by atoms with E-state index in [2.05, 4.69) is 10.6 Å². The maximum absolute atomic E-state index is 15.9. The van der Waals surface area contributed by atoms with Gasteiger partial charge in [0.15, 0.2) is 11.6 Å². The number of carbonyl (C=O) groups excluding carboxylic acids is 1. The molecule has 2 aromatic rings. The lowest BCUT2D eigenvalue weighted by molar-refractivity contribution is -0.114. The molecule has 0 spiro atoms. The number of aromatic nitrogens is 1. The van der Waals surface area contributed by atoms with Crippen molar-refractivity contribution in [2.24, 2.45) is 0 Å². The number of anilines is 2. The number of pyridine rings is 1. The van der Waals surface area contributed by atoms with E-state index in [0.29, 0.717) is 25.9 Å². The van der Waals surface area contributed by atoms with E-state index in [0.717, 1.165) is 13.1 Å². The number of aromatic carboxylic acids is 1. The summed E-state index contributed by atoms with van der Waals surface area (Å²) in [6, 6.07) is -0.273. The number of carboxylic acids is 1. The molecule has 1 aromatic heterocycles. The van der Waals surface area contributed by atoms with Gasteiger partial charge in [-0.05, 0) is 26.7 Å². The van der Waals surface area contributed by atoms with Gasteiger partial charge in [0.1, 0.15) is 11.3 Å². The maximum atomic E-state index is 15.9. The Bertz CT molecular complexity index is 1150. The third-order valence-electron chi connectivity index (χ3n) is 5.67. The van der Waals surface area contributed by atoms with Gasteiger partial charge in [0.05, 0.1) is 16.6 Å². The van der Waals surface area contributed by atoms with Crippen molar-refractivity contribution in [2.45, 2.75) is 51.7 Å². The van der Waals surface area contributed by atoms with E-state index in [-0.39, 0.29) is 29.3 Å². The first-order valence-corrected chi connectivity index (χ1v) is 10.2. The van der Waals surface area contributed by atoms with Crippen LogP contribution in [-0.4, -0.2) is 46.7 Å². The van der Waals surface area contributed by atoms with Gasteiger partial charge in [-0.2, -0.15) is 0 Å². The topological polar surface area (TPSA) is 104 Å². The van der Waals surface area contributed by atoms with Crippen molar-refractivity contribution in [3.63, 3.8) is 0 Å². The van der Waals surface area contributed by atoms with E-state index < -0.39 is 45.6 Å². The van der Waals surface area contributed by atoms with Gasteiger partial charge < -0.3 is 25.2 Å². The Kier molecular flexibility index (Phi) is 5.20. The van der Waals surface area contributed by atoms with E-state index in [1.807, 2.05) is 13.8 Å². The number of halogens is 2. The summed E-state index contributed by atoms with van der Waals surface area (Å²) in [5, 5.41) is 14.6. The van der Waals surface area contributed by atoms with Crippen LogP contribution >= 0.6 is 0 Å². The molecule has 2 fully saturated rings. The molecule has 8 nitrogen and oxygen atoms in total. The number of nitrogens with one attached hydrogen (secondary N) is 2. The molecule has 2 atom stereocenters. The second-order valence-electron chi connectivity index (χ2n) is 8.45. The number of hydrogen-bond acceptors (Lipinski definition) is 5. The SMILES string of the molecule is CC(=O)Nc1c(F)c(N2C[C@@H](C)N[C@@H](C)C2)c(F)c2c1c(=O)c(C(=O)O)cn2C1CC1. The quantitative estimate of drug-likeness (QED) is 0.683. The van der Waals surface area contributed by atoms with Gasteiger partial charge in [-0.25, -0.2) is 13.6 Å². The first kappa shape index (κ1) is 21.2. The molecule has 0 radical (unpaired) electrons. The zero-order chi connectivity index (χ0) is 22.6. The highest BCUT2D eigenvalue weighted by Crippen LogP contribution is 2.42. The Balaban J connectivity index is 2.11. The molecule has 1 amide bonds. The molecule has 31 heavy (non-hydrogen) atoms. The molecular formula is C21H24F2N4O4. The molecule has 4 rings (SSSR count). The summed E-state index contributed by atoms with van der Waals surface area (Å²) in [5.74, 6) is -4.16. The lowest BCUT2D eigenvalue weighted by Crippen LogP contribution is -2.54. The molecule has 2 aliphatic rings. The van der Waals surface area contributed by atoms with Gasteiger partial charge in [0.2, 0.25) is 11.3 Å². The van der Waals surface area contributed by atoms with Gasteiger partial charge in [-0.15, -0.1) is 0 Å². The fourth-order valence-electron chi connectivity index (χ4n) is 4.40. The summed E-state index contributed by atoms with van der Waals surface area (Å²) in [6.07, 6.45) is 2.48. The van der Waals surface area contributed by atoms with Crippen LogP contribution in [0.4, 0.5) is 20.2 Å². The number of amides is 1. The highest BCUT2D eigenvalue weighted by atomic mass is 19.1. The highest BCUT2D eigenvalue weighted by Gasteiger charge is 2.35. The number of benzene rings is 1. The summed E-state index contributed by atoms with van der Waals surface area (Å²) in [7, 11) is 0. The van der Waals surface area contributed by atoms with E-state index in [4.69, 9.17) is 0 Å². The molecule has 166 valence electrons. The van der Waals surface area contributed by atoms with Crippen molar-refractivity contribution in [1.29, 1.82) is 0 Å². The molecule has 1 saturated carbocycles. The molecule has 2 heterocycles. The maximum Gasteiger partial charge on any atom is 0.341 e. The number of hydrogen-bond donors (Lipinski definition) is 3. The van der Waals surface area contributed by atoms with Gasteiger partial charge in [-0.3, -0.25) is 9.59 Å². The summed E-state index contributed by atoms with van der Waals surface area (Å²) in [4.78, 5) is 38.0. The molecule has 1 aromatic carbocycles. The molecule has 3 N–H and O–H groups in total. The number of rotatable bonds is 4. The lowest BCUT2D eigenvalue weighted by Gasteiger charge is -2.38. The first-order chi connectivity index (χ1) is 14.6. The molecule has 1 aliphatic heterocycles. The van der Waals surface area contributed by atoms with Crippen LogP contribution in [0.3, 0.4) is 0 Å². The zero-order valence-corrected chi connectivity index (χ0v) is 17.5. The average molecular weight is 434 g/mol. The summed E-state index contributed by atoms with van der Waals surface area (Å²) in [5.41, 5.74) is -2.62. The Morgan fingerprint density at radius 3 is 2.29 bits per heavy atom. The Hall–Kier alpha value is -3.01. The van der Waals surface area contributed by atoms with Crippen molar-refractivity contribution < 1.29 is 23.5 Å². The number of carbonyl (C=O) groups is 2. The van der Waals surface area contributed by atoms with Crippen LogP contribution in [0.2, 0.25) is 0 Å². The smallest absolute Gasteiger partial charge is 0.341 e. The predicted octanol–water partition coefficient (Wildman–Crippen LogP) is 2.46. The van der Waals surface area contributed by atoms with Crippen LogP contribution < -0.4 is 21.0 Å². The number of fused-ring (bicyclic) bond motifs is 1. The minimum atomic E-state index is -1.50. The van der Waals surface area contributed by atoms with E-state index in [9.17, 15) is 19.5 Å². The summed E-state index contributed by atoms with van der Waals surface area (Å²) in [6.45, 7) is 5.58. The van der Waals surface area contributed by atoms with E-state index in [1.54, 1.807) is 4.90 Å². The Labute approximate surface area is 176 Å². The van der Waals surface area contributed by atoms with Crippen LogP contribution in [0.15, 0.2) is 11.0 Å².